The molecule has 116 valence electrons. The number of hydrogen-bond donors (Lipinski definition) is 4. The van der Waals surface area contributed by atoms with Gasteiger partial charge in [-0.05, 0) is 18.2 Å². The second-order valence-electron chi connectivity index (χ2n) is 4.21. The third-order valence-corrected chi connectivity index (χ3v) is 3.15. The standard InChI is InChI=1S/C12H11Cl2N5O3/c13-6-1-2-8(14)7(3-6)11(21)16-5-10(20)15-4-9-17-12(22)19-18-9/h1-3H,4-5H2,(H,15,20)(H,16,21)(H2,17,18,19,22). The zero-order valence-corrected chi connectivity index (χ0v) is 12.6. The summed E-state index contributed by atoms with van der Waals surface area (Å²) in [5.74, 6) is -0.686. The number of aromatic nitrogens is 3. The molecule has 4 N–H and O–H groups in total. The Kier molecular flexibility index (Phi) is 5.18. The van der Waals surface area contributed by atoms with Crippen molar-refractivity contribution in [1.29, 1.82) is 0 Å². The summed E-state index contributed by atoms with van der Waals surface area (Å²) in [6.45, 7) is -0.221. The Morgan fingerprint density at radius 3 is 2.68 bits per heavy atom. The summed E-state index contributed by atoms with van der Waals surface area (Å²) in [5, 5.41) is 11.3. The lowest BCUT2D eigenvalue weighted by Gasteiger charge is -2.07. The number of rotatable bonds is 5. The first-order valence-electron chi connectivity index (χ1n) is 6.09. The molecule has 10 heteroatoms. The molecular formula is C12H11Cl2N5O3. The predicted octanol–water partition coefficient (Wildman–Crippen LogP) is 0.451. The molecule has 8 nitrogen and oxygen atoms in total. The first kappa shape index (κ1) is 16.1. The van der Waals surface area contributed by atoms with Gasteiger partial charge in [0.05, 0.1) is 23.7 Å². The molecular weight excluding hydrogens is 333 g/mol. The zero-order chi connectivity index (χ0) is 16.1. The maximum Gasteiger partial charge on any atom is 0.340 e. The molecule has 0 bridgehead atoms. The van der Waals surface area contributed by atoms with Gasteiger partial charge in [-0.25, -0.2) is 9.89 Å². The van der Waals surface area contributed by atoms with Crippen LogP contribution in [0.5, 0.6) is 0 Å². The lowest BCUT2D eigenvalue weighted by molar-refractivity contribution is -0.120. The second-order valence-corrected chi connectivity index (χ2v) is 5.05. The summed E-state index contributed by atoms with van der Waals surface area (Å²) in [6.07, 6.45) is 0. The zero-order valence-electron chi connectivity index (χ0n) is 11.1. The van der Waals surface area contributed by atoms with Gasteiger partial charge in [-0.3, -0.25) is 14.6 Å². The number of amides is 2. The lowest BCUT2D eigenvalue weighted by Crippen LogP contribution is -2.36. The van der Waals surface area contributed by atoms with E-state index in [1.807, 2.05) is 0 Å². The number of aromatic amines is 2. The molecule has 1 heterocycles. The van der Waals surface area contributed by atoms with Crippen LogP contribution in [-0.2, 0) is 11.3 Å². The molecule has 0 spiro atoms. The molecule has 0 saturated carbocycles. The van der Waals surface area contributed by atoms with Gasteiger partial charge in [0.1, 0.15) is 5.82 Å². The highest BCUT2D eigenvalue weighted by atomic mass is 35.5. The van der Waals surface area contributed by atoms with E-state index in [9.17, 15) is 14.4 Å². The van der Waals surface area contributed by atoms with Crippen molar-refractivity contribution in [2.45, 2.75) is 6.54 Å². The summed E-state index contributed by atoms with van der Waals surface area (Å²) in [4.78, 5) is 36.7. The van der Waals surface area contributed by atoms with Crippen LogP contribution in [0.2, 0.25) is 10.0 Å². The van der Waals surface area contributed by atoms with Gasteiger partial charge in [0, 0.05) is 5.02 Å². The van der Waals surface area contributed by atoms with Crippen LogP contribution in [0, 0.1) is 0 Å². The lowest BCUT2D eigenvalue weighted by atomic mass is 10.2. The SMILES string of the molecule is O=C(CNC(=O)c1cc(Cl)ccc1Cl)NCc1n[nH]c(=O)[nH]1. The first-order chi connectivity index (χ1) is 10.5. The summed E-state index contributed by atoms with van der Waals surface area (Å²) >= 11 is 11.7. The van der Waals surface area contributed by atoms with E-state index in [-0.39, 0.29) is 29.5 Å². The number of nitrogens with zero attached hydrogens (tertiary/aromatic N) is 1. The van der Waals surface area contributed by atoms with E-state index < -0.39 is 17.5 Å². The molecule has 2 amide bonds. The summed E-state index contributed by atoms with van der Waals surface area (Å²) in [6, 6.07) is 4.45. The van der Waals surface area contributed by atoms with Crippen molar-refractivity contribution in [3.63, 3.8) is 0 Å². The van der Waals surface area contributed by atoms with Crippen molar-refractivity contribution < 1.29 is 9.59 Å². The fourth-order valence-corrected chi connectivity index (χ4v) is 1.94. The number of benzene rings is 1. The Morgan fingerprint density at radius 1 is 1.23 bits per heavy atom. The third kappa shape index (κ3) is 4.34. The Bertz CT molecular complexity index is 755. The summed E-state index contributed by atoms with van der Waals surface area (Å²) < 4.78 is 0. The maximum atomic E-state index is 11.9. The number of halogens is 2. The Labute approximate surface area is 134 Å². The Hall–Kier alpha value is -2.32. The van der Waals surface area contributed by atoms with Crippen molar-refractivity contribution in [2.75, 3.05) is 6.54 Å². The third-order valence-electron chi connectivity index (χ3n) is 2.59. The van der Waals surface area contributed by atoms with Gasteiger partial charge in [0.25, 0.3) is 5.91 Å². The van der Waals surface area contributed by atoms with Crippen LogP contribution in [0.15, 0.2) is 23.0 Å². The van der Waals surface area contributed by atoms with Crippen LogP contribution in [0.25, 0.3) is 0 Å². The van der Waals surface area contributed by atoms with Crippen molar-refractivity contribution in [2.24, 2.45) is 0 Å². The minimum atomic E-state index is -0.518. The molecule has 2 rings (SSSR count). The maximum absolute atomic E-state index is 11.9. The quantitative estimate of drug-likeness (QED) is 0.629. The highest BCUT2D eigenvalue weighted by Gasteiger charge is 2.12. The van der Waals surface area contributed by atoms with Gasteiger partial charge in [-0.15, -0.1) is 0 Å². The van der Waals surface area contributed by atoms with E-state index in [1.54, 1.807) is 6.07 Å². The Morgan fingerprint density at radius 2 is 2.00 bits per heavy atom. The normalized spacial score (nSPS) is 10.3. The van der Waals surface area contributed by atoms with Crippen LogP contribution >= 0.6 is 23.2 Å². The van der Waals surface area contributed by atoms with Gasteiger partial charge in [0.2, 0.25) is 5.91 Å². The smallest absolute Gasteiger partial charge is 0.340 e. The minimum absolute atomic E-state index is 0.0331. The van der Waals surface area contributed by atoms with Crippen molar-refractivity contribution in [3.8, 4) is 0 Å². The van der Waals surface area contributed by atoms with Crippen LogP contribution in [0.4, 0.5) is 0 Å². The van der Waals surface area contributed by atoms with Gasteiger partial charge in [0.15, 0.2) is 0 Å². The van der Waals surface area contributed by atoms with Crippen LogP contribution in [-0.4, -0.2) is 33.5 Å². The topological polar surface area (TPSA) is 120 Å². The summed E-state index contributed by atoms with van der Waals surface area (Å²) in [7, 11) is 0. The monoisotopic (exact) mass is 343 g/mol. The van der Waals surface area contributed by atoms with Crippen molar-refractivity contribution in [3.05, 3.63) is 50.1 Å². The minimum Gasteiger partial charge on any atom is -0.347 e. The highest BCUT2D eigenvalue weighted by molar-refractivity contribution is 6.35. The van der Waals surface area contributed by atoms with Gasteiger partial charge in [-0.1, -0.05) is 23.2 Å². The largest absolute Gasteiger partial charge is 0.347 e. The van der Waals surface area contributed by atoms with E-state index in [4.69, 9.17) is 23.2 Å². The highest BCUT2D eigenvalue weighted by Crippen LogP contribution is 2.20. The van der Waals surface area contributed by atoms with E-state index in [0.717, 1.165) is 0 Å². The number of hydrogen-bond acceptors (Lipinski definition) is 4. The number of carbonyl (C=O) groups is 2. The molecule has 0 aliphatic carbocycles. The molecule has 0 atom stereocenters. The van der Waals surface area contributed by atoms with Gasteiger partial charge >= 0.3 is 5.69 Å². The van der Waals surface area contributed by atoms with Crippen LogP contribution < -0.4 is 16.3 Å². The average molecular weight is 344 g/mol. The number of carbonyl (C=O) groups excluding carboxylic acids is 2. The fraction of sp³-hybridized carbons (Fsp3) is 0.167. The summed E-state index contributed by atoms with van der Waals surface area (Å²) in [5.41, 5.74) is -0.285. The fourth-order valence-electron chi connectivity index (χ4n) is 1.56. The van der Waals surface area contributed by atoms with Crippen LogP contribution in [0.1, 0.15) is 16.2 Å². The molecule has 22 heavy (non-hydrogen) atoms. The predicted molar refractivity (Wildman–Crippen MR) is 79.9 cm³/mol. The average Bonchev–Trinajstić information content (AvgIpc) is 2.90. The van der Waals surface area contributed by atoms with Crippen molar-refractivity contribution >= 4 is 35.0 Å². The molecule has 1 aromatic carbocycles. The molecule has 1 aromatic heterocycles. The molecule has 0 radical (unpaired) electrons. The van der Waals surface area contributed by atoms with Crippen LogP contribution in [0.3, 0.4) is 0 Å². The molecule has 0 saturated heterocycles. The van der Waals surface area contributed by atoms with E-state index in [0.29, 0.717) is 5.02 Å². The molecule has 2 aromatic rings. The molecule has 0 aliphatic heterocycles. The van der Waals surface area contributed by atoms with E-state index in [1.165, 1.54) is 12.1 Å². The van der Waals surface area contributed by atoms with E-state index >= 15 is 0 Å². The second kappa shape index (κ2) is 7.10. The molecule has 0 unspecified atom stereocenters. The van der Waals surface area contributed by atoms with Gasteiger partial charge in [-0.2, -0.15) is 5.10 Å². The number of H-pyrrole nitrogens is 2. The number of nitrogens with one attached hydrogen (secondary N) is 4. The Balaban J connectivity index is 1.84. The van der Waals surface area contributed by atoms with Gasteiger partial charge < -0.3 is 10.6 Å². The van der Waals surface area contributed by atoms with E-state index in [2.05, 4.69) is 25.8 Å². The molecule has 0 fully saturated rings. The first-order valence-corrected chi connectivity index (χ1v) is 6.85. The van der Waals surface area contributed by atoms with Crippen molar-refractivity contribution in [1.82, 2.24) is 25.8 Å². The molecule has 0 aliphatic rings.